The molecule has 0 bridgehead atoms. The number of aromatic nitrogens is 2. The lowest BCUT2D eigenvalue weighted by atomic mass is 9.91. The molecule has 3 amide bonds. The van der Waals surface area contributed by atoms with Gasteiger partial charge in [-0.05, 0) is 61.1 Å². The smallest absolute Gasteiger partial charge is 0.412 e. The minimum atomic E-state index is -0.634. The fraction of sp³-hybridized carbons (Fsp3) is 0.344. The van der Waals surface area contributed by atoms with Crippen molar-refractivity contribution in [1.82, 2.24) is 20.6 Å². The SMILES string of the molecule is COCCC(C)C(C(=O)NCC(=O)NC1CC1)c1nc2cc(F)c(-c3ccc(NC(=O)OCc4ccccn4)cc3)cc2s1. The standard InChI is InChI=1S/C32H34FN5O5S/c1-19(12-14-42-2)29(30(40)35-17-28(39)36-21-10-11-21)31-38-26-16-25(33)24(15-27(26)44-31)20-6-8-22(9-7-20)37-32(41)43-18-23-5-3-4-13-34-23/h3-9,13,15-16,19,21,29H,10-12,14,17-18H2,1-2H3,(H,35,40)(H,36,39)(H,37,41). The molecule has 3 N–H and O–H groups in total. The molecule has 4 aromatic rings. The Labute approximate surface area is 258 Å². The van der Waals surface area contributed by atoms with E-state index < -0.39 is 17.8 Å². The molecule has 1 aliphatic carbocycles. The molecule has 2 unspecified atom stereocenters. The second-order valence-electron chi connectivity index (χ2n) is 10.7. The second-order valence-corrected chi connectivity index (χ2v) is 11.8. The van der Waals surface area contributed by atoms with Gasteiger partial charge in [0, 0.05) is 43.3 Å². The molecule has 44 heavy (non-hydrogen) atoms. The summed E-state index contributed by atoms with van der Waals surface area (Å²) in [5.41, 5.74) is 2.54. The molecule has 230 valence electrons. The first kappa shape index (κ1) is 31.0. The summed E-state index contributed by atoms with van der Waals surface area (Å²) in [5, 5.41) is 8.82. The van der Waals surface area contributed by atoms with Crippen LogP contribution in [0, 0.1) is 11.7 Å². The number of fused-ring (bicyclic) bond motifs is 1. The number of nitrogens with one attached hydrogen (secondary N) is 3. The van der Waals surface area contributed by atoms with Crippen LogP contribution in [0.4, 0.5) is 14.9 Å². The van der Waals surface area contributed by atoms with E-state index in [4.69, 9.17) is 9.47 Å². The maximum absolute atomic E-state index is 15.3. The molecule has 0 spiro atoms. The summed E-state index contributed by atoms with van der Waals surface area (Å²) in [7, 11) is 1.60. The average molecular weight is 620 g/mol. The lowest BCUT2D eigenvalue weighted by molar-refractivity contribution is -0.127. The molecule has 0 aliphatic heterocycles. The number of anilines is 1. The van der Waals surface area contributed by atoms with Gasteiger partial charge in [-0.1, -0.05) is 25.1 Å². The minimum Gasteiger partial charge on any atom is -0.443 e. The first-order valence-corrected chi connectivity index (χ1v) is 15.2. The van der Waals surface area contributed by atoms with Crippen molar-refractivity contribution in [2.45, 2.75) is 44.8 Å². The normalized spacial score (nSPS) is 14.1. The summed E-state index contributed by atoms with van der Waals surface area (Å²) < 4.78 is 26.5. The molecule has 2 aromatic heterocycles. The number of pyridine rings is 1. The van der Waals surface area contributed by atoms with Crippen molar-refractivity contribution in [1.29, 1.82) is 0 Å². The molecule has 1 aliphatic rings. The highest BCUT2D eigenvalue weighted by Gasteiger charge is 2.31. The highest BCUT2D eigenvalue weighted by molar-refractivity contribution is 7.18. The van der Waals surface area contributed by atoms with Crippen LogP contribution in [-0.2, 0) is 25.7 Å². The van der Waals surface area contributed by atoms with Crippen molar-refractivity contribution >= 4 is 45.1 Å². The van der Waals surface area contributed by atoms with Crippen LogP contribution < -0.4 is 16.0 Å². The van der Waals surface area contributed by atoms with E-state index in [0.29, 0.717) is 46.1 Å². The number of ether oxygens (including phenoxy) is 2. The Morgan fingerprint density at radius 3 is 2.61 bits per heavy atom. The predicted octanol–water partition coefficient (Wildman–Crippen LogP) is 5.40. The van der Waals surface area contributed by atoms with E-state index in [9.17, 15) is 14.4 Å². The summed E-state index contributed by atoms with van der Waals surface area (Å²) in [6.45, 7) is 2.33. The maximum Gasteiger partial charge on any atom is 0.412 e. The van der Waals surface area contributed by atoms with Crippen molar-refractivity contribution in [3.63, 3.8) is 0 Å². The van der Waals surface area contributed by atoms with Gasteiger partial charge in [0.1, 0.15) is 17.4 Å². The zero-order valence-corrected chi connectivity index (χ0v) is 25.3. The van der Waals surface area contributed by atoms with Gasteiger partial charge in [0.2, 0.25) is 11.8 Å². The molecule has 2 atom stereocenters. The molecule has 2 heterocycles. The monoisotopic (exact) mass is 619 g/mol. The Bertz CT molecular complexity index is 1610. The Morgan fingerprint density at radius 1 is 1.11 bits per heavy atom. The number of hydrogen-bond donors (Lipinski definition) is 3. The molecule has 1 fully saturated rings. The van der Waals surface area contributed by atoms with Gasteiger partial charge in [-0.25, -0.2) is 14.2 Å². The lowest BCUT2D eigenvalue weighted by Crippen LogP contribution is -2.41. The number of carbonyl (C=O) groups is 3. The van der Waals surface area contributed by atoms with Gasteiger partial charge in [0.15, 0.2) is 0 Å². The van der Waals surface area contributed by atoms with Gasteiger partial charge in [-0.15, -0.1) is 11.3 Å². The number of benzene rings is 2. The van der Waals surface area contributed by atoms with Crippen LogP contribution in [0.5, 0.6) is 0 Å². The van der Waals surface area contributed by atoms with Gasteiger partial charge in [0.05, 0.1) is 28.4 Å². The van der Waals surface area contributed by atoms with E-state index in [1.807, 2.05) is 13.0 Å². The van der Waals surface area contributed by atoms with Crippen molar-refractivity contribution in [3.8, 4) is 11.1 Å². The Morgan fingerprint density at radius 2 is 1.91 bits per heavy atom. The molecule has 0 radical (unpaired) electrons. The number of hydrogen-bond acceptors (Lipinski definition) is 8. The highest BCUT2D eigenvalue weighted by atomic mass is 32.1. The molecule has 2 aromatic carbocycles. The number of nitrogens with zero attached hydrogens (tertiary/aromatic N) is 2. The fourth-order valence-electron chi connectivity index (χ4n) is 4.70. The number of thiazole rings is 1. The number of carbonyl (C=O) groups excluding carboxylic acids is 3. The van der Waals surface area contributed by atoms with E-state index in [0.717, 1.165) is 17.5 Å². The van der Waals surface area contributed by atoms with Gasteiger partial charge >= 0.3 is 6.09 Å². The minimum absolute atomic E-state index is 0.0379. The number of amides is 3. The van der Waals surface area contributed by atoms with Crippen LogP contribution in [0.25, 0.3) is 21.3 Å². The zero-order valence-electron chi connectivity index (χ0n) is 24.5. The van der Waals surface area contributed by atoms with Gasteiger partial charge < -0.3 is 20.1 Å². The van der Waals surface area contributed by atoms with Crippen LogP contribution in [0.1, 0.15) is 42.8 Å². The number of rotatable bonds is 13. The molecule has 1 saturated carbocycles. The summed E-state index contributed by atoms with van der Waals surface area (Å²) in [5.74, 6) is -1.76. The summed E-state index contributed by atoms with van der Waals surface area (Å²) >= 11 is 1.32. The van der Waals surface area contributed by atoms with E-state index in [2.05, 4.69) is 25.9 Å². The molecule has 12 heteroatoms. The molecule has 5 rings (SSSR count). The number of methoxy groups -OCH3 is 1. The Hall–Kier alpha value is -4.42. The third kappa shape index (κ3) is 8.14. The van der Waals surface area contributed by atoms with Crippen LogP contribution in [0.3, 0.4) is 0 Å². The second kappa shape index (κ2) is 14.4. The summed E-state index contributed by atoms with van der Waals surface area (Å²) in [4.78, 5) is 46.4. The first-order chi connectivity index (χ1) is 21.3. The van der Waals surface area contributed by atoms with Gasteiger partial charge in [-0.2, -0.15) is 0 Å². The predicted molar refractivity (Wildman–Crippen MR) is 166 cm³/mol. The average Bonchev–Trinajstić information content (AvgIpc) is 3.75. The van der Waals surface area contributed by atoms with E-state index >= 15 is 4.39 Å². The zero-order chi connectivity index (χ0) is 31.1. The molecule has 10 nitrogen and oxygen atoms in total. The Balaban J connectivity index is 1.29. The van der Waals surface area contributed by atoms with E-state index in [1.54, 1.807) is 55.8 Å². The topological polar surface area (TPSA) is 132 Å². The van der Waals surface area contributed by atoms with Crippen molar-refractivity contribution in [2.24, 2.45) is 5.92 Å². The van der Waals surface area contributed by atoms with Crippen molar-refractivity contribution < 1.29 is 28.2 Å². The van der Waals surface area contributed by atoms with E-state index in [-0.39, 0.29) is 36.9 Å². The lowest BCUT2D eigenvalue weighted by Gasteiger charge is -2.21. The molecular formula is C32H34FN5O5S. The summed E-state index contributed by atoms with van der Waals surface area (Å²) in [6, 6.07) is 15.4. The van der Waals surface area contributed by atoms with Crippen molar-refractivity contribution in [3.05, 3.63) is 77.3 Å². The first-order valence-electron chi connectivity index (χ1n) is 14.4. The molecular weight excluding hydrogens is 585 g/mol. The third-order valence-electron chi connectivity index (χ3n) is 7.27. The quantitative estimate of drug-likeness (QED) is 0.183. The van der Waals surface area contributed by atoms with Gasteiger partial charge in [-0.3, -0.25) is 19.9 Å². The maximum atomic E-state index is 15.3. The number of halogens is 1. The van der Waals surface area contributed by atoms with Crippen LogP contribution in [0.2, 0.25) is 0 Å². The van der Waals surface area contributed by atoms with Gasteiger partial charge in [0.25, 0.3) is 0 Å². The third-order valence-corrected chi connectivity index (χ3v) is 8.38. The van der Waals surface area contributed by atoms with Crippen LogP contribution in [-0.4, -0.2) is 54.2 Å². The van der Waals surface area contributed by atoms with Crippen LogP contribution in [0.15, 0.2) is 60.8 Å². The fourth-order valence-corrected chi connectivity index (χ4v) is 5.92. The Kier molecular flexibility index (Phi) is 10.1. The molecule has 0 saturated heterocycles. The summed E-state index contributed by atoms with van der Waals surface area (Å²) in [6.07, 6.45) is 3.52. The van der Waals surface area contributed by atoms with E-state index in [1.165, 1.54) is 17.4 Å². The largest absolute Gasteiger partial charge is 0.443 e. The van der Waals surface area contributed by atoms with Crippen LogP contribution >= 0.6 is 11.3 Å². The highest BCUT2D eigenvalue weighted by Crippen LogP contribution is 2.37. The van der Waals surface area contributed by atoms with Crippen molar-refractivity contribution in [2.75, 3.05) is 25.6 Å².